The van der Waals surface area contributed by atoms with Crippen molar-refractivity contribution in [2.45, 2.75) is 38.1 Å². The van der Waals surface area contributed by atoms with Gasteiger partial charge in [0.1, 0.15) is 0 Å². The molecule has 2 rings (SSSR count). The van der Waals surface area contributed by atoms with E-state index < -0.39 is 0 Å². The van der Waals surface area contributed by atoms with Crippen LogP contribution >= 0.6 is 0 Å². The highest BCUT2D eigenvalue weighted by Crippen LogP contribution is 2.30. The third kappa shape index (κ3) is 2.86. The lowest BCUT2D eigenvalue weighted by Crippen LogP contribution is -2.41. The molecule has 1 aromatic carbocycles. The maximum absolute atomic E-state index is 11.0. The van der Waals surface area contributed by atoms with Gasteiger partial charge in [-0.2, -0.15) is 0 Å². The molecule has 2 atom stereocenters. The second-order valence-corrected chi connectivity index (χ2v) is 4.82. The van der Waals surface area contributed by atoms with Crippen LogP contribution in [0.25, 0.3) is 0 Å². The van der Waals surface area contributed by atoms with Crippen LogP contribution in [-0.4, -0.2) is 18.5 Å². The van der Waals surface area contributed by atoms with Crippen molar-refractivity contribution in [1.82, 2.24) is 5.32 Å². The number of amides is 1. The van der Waals surface area contributed by atoms with Gasteiger partial charge < -0.3 is 11.1 Å². The van der Waals surface area contributed by atoms with Gasteiger partial charge in [-0.3, -0.25) is 4.79 Å². The number of benzene rings is 1. The quantitative estimate of drug-likeness (QED) is 0.828. The molecule has 1 aliphatic rings. The second-order valence-electron chi connectivity index (χ2n) is 4.82. The monoisotopic (exact) mass is 232 g/mol. The number of nitrogens with two attached hydrogens (primary N) is 1. The van der Waals surface area contributed by atoms with Crippen LogP contribution in [0.5, 0.6) is 0 Å². The van der Waals surface area contributed by atoms with Crippen LogP contribution < -0.4 is 11.1 Å². The summed E-state index contributed by atoms with van der Waals surface area (Å²) >= 11 is 0. The van der Waals surface area contributed by atoms with Crippen LogP contribution in [0.15, 0.2) is 24.3 Å². The highest BCUT2D eigenvalue weighted by atomic mass is 16.1. The predicted octanol–water partition coefficient (Wildman–Crippen LogP) is 1.57. The van der Waals surface area contributed by atoms with E-state index in [1.807, 2.05) is 6.92 Å². The molecule has 0 aliphatic heterocycles. The molecule has 0 radical (unpaired) electrons. The molecule has 3 heteroatoms. The Bertz CT molecular complexity index is 403. The molecule has 2 unspecified atom stereocenters. The first kappa shape index (κ1) is 12.1. The number of hydrogen-bond acceptors (Lipinski definition) is 2. The molecular formula is C14H20N2O. The van der Waals surface area contributed by atoms with E-state index in [1.165, 1.54) is 30.4 Å². The SMILES string of the molecule is CC(NCC1CCCc2ccccc21)C(N)=O. The van der Waals surface area contributed by atoms with E-state index in [2.05, 4.69) is 29.6 Å². The van der Waals surface area contributed by atoms with Gasteiger partial charge in [-0.1, -0.05) is 24.3 Å². The van der Waals surface area contributed by atoms with Crippen molar-refractivity contribution < 1.29 is 4.79 Å². The lowest BCUT2D eigenvalue weighted by molar-refractivity contribution is -0.119. The van der Waals surface area contributed by atoms with Gasteiger partial charge in [0.15, 0.2) is 0 Å². The summed E-state index contributed by atoms with van der Waals surface area (Å²) < 4.78 is 0. The smallest absolute Gasteiger partial charge is 0.234 e. The fraction of sp³-hybridized carbons (Fsp3) is 0.500. The van der Waals surface area contributed by atoms with Crippen molar-refractivity contribution in [3.05, 3.63) is 35.4 Å². The average molecular weight is 232 g/mol. The Morgan fingerprint density at radius 3 is 3.06 bits per heavy atom. The number of nitrogens with one attached hydrogen (secondary N) is 1. The molecule has 0 saturated heterocycles. The van der Waals surface area contributed by atoms with E-state index in [-0.39, 0.29) is 11.9 Å². The van der Waals surface area contributed by atoms with Crippen molar-refractivity contribution in [3.63, 3.8) is 0 Å². The number of fused-ring (bicyclic) bond motifs is 1. The van der Waals surface area contributed by atoms with Gasteiger partial charge in [0.25, 0.3) is 0 Å². The summed E-state index contributed by atoms with van der Waals surface area (Å²) in [5.41, 5.74) is 8.13. The number of carbonyl (C=O) groups is 1. The summed E-state index contributed by atoms with van der Waals surface area (Å²) in [6, 6.07) is 8.36. The second kappa shape index (κ2) is 5.32. The van der Waals surface area contributed by atoms with Gasteiger partial charge in [0.2, 0.25) is 5.91 Å². The molecule has 1 aromatic rings. The Balaban J connectivity index is 2.01. The summed E-state index contributed by atoms with van der Waals surface area (Å²) in [5, 5.41) is 3.22. The van der Waals surface area contributed by atoms with E-state index in [9.17, 15) is 4.79 Å². The molecule has 1 amide bonds. The van der Waals surface area contributed by atoms with Crippen LogP contribution in [0, 0.1) is 0 Å². The molecule has 0 bridgehead atoms. The van der Waals surface area contributed by atoms with Gasteiger partial charge in [-0.25, -0.2) is 0 Å². The third-order valence-electron chi connectivity index (χ3n) is 3.59. The van der Waals surface area contributed by atoms with Gasteiger partial charge in [0.05, 0.1) is 6.04 Å². The predicted molar refractivity (Wildman–Crippen MR) is 68.8 cm³/mol. The Labute approximate surface area is 102 Å². The van der Waals surface area contributed by atoms with E-state index in [1.54, 1.807) is 0 Å². The minimum atomic E-state index is -0.283. The zero-order chi connectivity index (χ0) is 12.3. The minimum Gasteiger partial charge on any atom is -0.368 e. The van der Waals surface area contributed by atoms with Crippen LogP contribution in [0.3, 0.4) is 0 Å². The van der Waals surface area contributed by atoms with Crippen molar-refractivity contribution in [3.8, 4) is 0 Å². The van der Waals surface area contributed by atoms with E-state index in [0.717, 1.165) is 6.54 Å². The summed E-state index contributed by atoms with van der Waals surface area (Å²) in [5.74, 6) is 0.232. The first-order valence-corrected chi connectivity index (χ1v) is 6.29. The molecule has 3 nitrogen and oxygen atoms in total. The minimum absolute atomic E-state index is 0.246. The summed E-state index contributed by atoms with van der Waals surface area (Å²) in [6.45, 7) is 2.65. The molecule has 0 heterocycles. The van der Waals surface area contributed by atoms with Crippen molar-refractivity contribution in [2.24, 2.45) is 5.73 Å². The van der Waals surface area contributed by atoms with Crippen molar-refractivity contribution >= 4 is 5.91 Å². The number of aryl methyl sites for hydroxylation is 1. The van der Waals surface area contributed by atoms with Gasteiger partial charge in [-0.05, 0) is 43.2 Å². The largest absolute Gasteiger partial charge is 0.368 e. The van der Waals surface area contributed by atoms with E-state index >= 15 is 0 Å². The van der Waals surface area contributed by atoms with Crippen LogP contribution in [-0.2, 0) is 11.2 Å². The Morgan fingerprint density at radius 1 is 1.53 bits per heavy atom. The lowest BCUT2D eigenvalue weighted by atomic mass is 9.83. The Morgan fingerprint density at radius 2 is 2.29 bits per heavy atom. The summed E-state index contributed by atoms with van der Waals surface area (Å²) in [4.78, 5) is 11.0. The van der Waals surface area contributed by atoms with Crippen molar-refractivity contribution in [1.29, 1.82) is 0 Å². The van der Waals surface area contributed by atoms with Crippen LogP contribution in [0.1, 0.15) is 36.8 Å². The molecule has 0 saturated carbocycles. The number of primary amides is 1. The number of carbonyl (C=O) groups excluding carboxylic acids is 1. The lowest BCUT2D eigenvalue weighted by Gasteiger charge is -2.26. The Kier molecular flexibility index (Phi) is 3.79. The molecule has 17 heavy (non-hydrogen) atoms. The average Bonchev–Trinajstić information content (AvgIpc) is 2.35. The standard InChI is InChI=1S/C14H20N2O/c1-10(14(15)17)16-9-12-7-4-6-11-5-2-3-8-13(11)12/h2-3,5,8,10,12,16H,4,6-7,9H2,1H3,(H2,15,17). The Hall–Kier alpha value is -1.35. The first-order valence-electron chi connectivity index (χ1n) is 6.29. The van der Waals surface area contributed by atoms with E-state index in [0.29, 0.717) is 5.92 Å². The first-order chi connectivity index (χ1) is 8.18. The molecule has 0 aromatic heterocycles. The normalized spacial score (nSPS) is 20.6. The highest BCUT2D eigenvalue weighted by molar-refractivity contribution is 5.79. The fourth-order valence-electron chi connectivity index (χ4n) is 2.49. The number of hydrogen-bond donors (Lipinski definition) is 2. The molecular weight excluding hydrogens is 212 g/mol. The van der Waals surface area contributed by atoms with Gasteiger partial charge >= 0.3 is 0 Å². The van der Waals surface area contributed by atoms with Gasteiger partial charge in [0, 0.05) is 6.54 Å². The molecule has 92 valence electrons. The summed E-state index contributed by atoms with van der Waals surface area (Å²) in [7, 11) is 0. The highest BCUT2D eigenvalue weighted by Gasteiger charge is 2.20. The van der Waals surface area contributed by atoms with E-state index in [4.69, 9.17) is 5.73 Å². The van der Waals surface area contributed by atoms with Crippen molar-refractivity contribution in [2.75, 3.05) is 6.54 Å². The molecule has 0 spiro atoms. The maximum atomic E-state index is 11.0. The number of rotatable bonds is 4. The fourth-order valence-corrected chi connectivity index (χ4v) is 2.49. The zero-order valence-electron chi connectivity index (χ0n) is 10.3. The van der Waals surface area contributed by atoms with Gasteiger partial charge in [-0.15, -0.1) is 0 Å². The van der Waals surface area contributed by atoms with Crippen LogP contribution in [0.2, 0.25) is 0 Å². The summed E-state index contributed by atoms with van der Waals surface area (Å²) in [6.07, 6.45) is 3.60. The molecule has 1 aliphatic carbocycles. The molecule has 3 N–H and O–H groups in total. The third-order valence-corrected chi connectivity index (χ3v) is 3.59. The molecule has 0 fully saturated rings. The maximum Gasteiger partial charge on any atom is 0.234 e. The topological polar surface area (TPSA) is 55.1 Å². The van der Waals surface area contributed by atoms with Crippen LogP contribution in [0.4, 0.5) is 0 Å². The zero-order valence-corrected chi connectivity index (χ0v) is 10.3.